The molecular formula is C18H23NO2. The van der Waals surface area contributed by atoms with E-state index in [0.29, 0.717) is 13.2 Å². The van der Waals surface area contributed by atoms with Crippen molar-refractivity contribution in [3.8, 4) is 11.5 Å². The van der Waals surface area contributed by atoms with Crippen LogP contribution in [0.3, 0.4) is 0 Å². The molecule has 0 saturated carbocycles. The zero-order valence-electron chi connectivity index (χ0n) is 12.9. The fraction of sp³-hybridized carbons (Fsp3) is 0.333. The van der Waals surface area contributed by atoms with Gasteiger partial charge in [0.1, 0.15) is 11.5 Å². The van der Waals surface area contributed by atoms with Crippen LogP contribution >= 0.6 is 0 Å². The lowest BCUT2D eigenvalue weighted by Crippen LogP contribution is -2.08. The van der Waals surface area contributed by atoms with Gasteiger partial charge in [-0.2, -0.15) is 0 Å². The van der Waals surface area contributed by atoms with Crippen LogP contribution in [-0.2, 0) is 0 Å². The molecule has 2 aromatic rings. The molecule has 2 rings (SSSR count). The maximum absolute atomic E-state index is 5.69. The topological polar surface area (TPSA) is 30.5 Å². The van der Waals surface area contributed by atoms with Gasteiger partial charge in [-0.25, -0.2) is 0 Å². The summed E-state index contributed by atoms with van der Waals surface area (Å²) in [7, 11) is 0. The minimum atomic E-state index is 0.172. The number of benzene rings is 2. The summed E-state index contributed by atoms with van der Waals surface area (Å²) < 4.78 is 11.1. The Balaban J connectivity index is 2.08. The van der Waals surface area contributed by atoms with E-state index in [0.717, 1.165) is 22.7 Å². The second-order valence-corrected chi connectivity index (χ2v) is 4.79. The highest BCUT2D eigenvalue weighted by molar-refractivity contribution is 5.49. The van der Waals surface area contributed by atoms with E-state index in [-0.39, 0.29) is 6.04 Å². The number of para-hydroxylation sites is 1. The molecule has 3 heteroatoms. The quantitative estimate of drug-likeness (QED) is 0.802. The summed E-state index contributed by atoms with van der Waals surface area (Å²) in [6.07, 6.45) is 0. The van der Waals surface area contributed by atoms with Crippen molar-refractivity contribution in [1.29, 1.82) is 0 Å². The summed E-state index contributed by atoms with van der Waals surface area (Å²) in [4.78, 5) is 0. The summed E-state index contributed by atoms with van der Waals surface area (Å²) in [6, 6.07) is 16.3. The minimum absolute atomic E-state index is 0.172. The van der Waals surface area contributed by atoms with Crippen LogP contribution in [0.15, 0.2) is 48.5 Å². The average Bonchev–Trinajstić information content (AvgIpc) is 2.50. The molecule has 0 aliphatic rings. The first-order valence-corrected chi connectivity index (χ1v) is 7.45. The third-order valence-corrected chi connectivity index (χ3v) is 3.23. The molecule has 21 heavy (non-hydrogen) atoms. The van der Waals surface area contributed by atoms with Gasteiger partial charge >= 0.3 is 0 Å². The first kappa shape index (κ1) is 15.2. The fourth-order valence-electron chi connectivity index (χ4n) is 2.27. The van der Waals surface area contributed by atoms with Crippen molar-refractivity contribution in [2.45, 2.75) is 26.8 Å². The van der Waals surface area contributed by atoms with E-state index >= 15 is 0 Å². The van der Waals surface area contributed by atoms with Gasteiger partial charge in [0.25, 0.3) is 0 Å². The van der Waals surface area contributed by atoms with E-state index in [1.165, 1.54) is 0 Å². The number of nitrogens with one attached hydrogen (secondary N) is 1. The summed E-state index contributed by atoms with van der Waals surface area (Å²) in [5, 5.41) is 3.49. The molecule has 0 amide bonds. The Bertz CT molecular complexity index is 551. The Kier molecular flexibility index (Phi) is 5.50. The van der Waals surface area contributed by atoms with Crippen molar-refractivity contribution in [3.05, 3.63) is 54.1 Å². The molecule has 112 valence electrons. The smallest absolute Gasteiger partial charge is 0.124 e. The number of ether oxygens (including phenoxy) is 2. The van der Waals surface area contributed by atoms with Gasteiger partial charge < -0.3 is 14.8 Å². The third kappa shape index (κ3) is 4.15. The lowest BCUT2D eigenvalue weighted by atomic mass is 10.1. The van der Waals surface area contributed by atoms with E-state index in [2.05, 4.69) is 18.3 Å². The standard InChI is InChI=1S/C18H23NO2/c1-4-20-16-12-10-15(11-13-16)19-14(3)17-8-6-7-9-18(17)21-5-2/h6-14,19H,4-5H2,1-3H3. The third-order valence-electron chi connectivity index (χ3n) is 3.23. The van der Waals surface area contributed by atoms with Crippen molar-refractivity contribution in [3.63, 3.8) is 0 Å². The molecule has 0 aromatic heterocycles. The summed E-state index contributed by atoms with van der Waals surface area (Å²) in [5.74, 6) is 1.83. The van der Waals surface area contributed by atoms with Crippen LogP contribution in [0.4, 0.5) is 5.69 Å². The zero-order valence-corrected chi connectivity index (χ0v) is 12.9. The number of rotatable bonds is 7. The van der Waals surface area contributed by atoms with Crippen LogP contribution in [0.2, 0.25) is 0 Å². The van der Waals surface area contributed by atoms with Crippen LogP contribution in [-0.4, -0.2) is 13.2 Å². The van der Waals surface area contributed by atoms with Crippen LogP contribution in [0.1, 0.15) is 32.4 Å². The van der Waals surface area contributed by atoms with Gasteiger partial charge in [-0.3, -0.25) is 0 Å². The van der Waals surface area contributed by atoms with Crippen LogP contribution in [0.5, 0.6) is 11.5 Å². The molecular weight excluding hydrogens is 262 g/mol. The molecule has 0 aliphatic carbocycles. The van der Waals surface area contributed by atoms with Gasteiger partial charge in [-0.05, 0) is 51.1 Å². The predicted molar refractivity (Wildman–Crippen MR) is 87.3 cm³/mol. The molecule has 0 fully saturated rings. The van der Waals surface area contributed by atoms with Crippen molar-refractivity contribution in [1.82, 2.24) is 0 Å². The van der Waals surface area contributed by atoms with Gasteiger partial charge in [-0.15, -0.1) is 0 Å². The lowest BCUT2D eigenvalue weighted by Gasteiger charge is -2.19. The second kappa shape index (κ2) is 7.58. The summed E-state index contributed by atoms with van der Waals surface area (Å²) >= 11 is 0. The Labute approximate surface area is 126 Å². The van der Waals surface area contributed by atoms with Gasteiger partial charge in [0.2, 0.25) is 0 Å². The Morgan fingerprint density at radius 3 is 2.24 bits per heavy atom. The highest BCUT2D eigenvalue weighted by atomic mass is 16.5. The SMILES string of the molecule is CCOc1ccc(NC(C)c2ccccc2OCC)cc1. The maximum atomic E-state index is 5.69. The molecule has 1 N–H and O–H groups in total. The monoisotopic (exact) mass is 285 g/mol. The Hall–Kier alpha value is -2.16. The number of anilines is 1. The molecule has 0 heterocycles. The molecule has 3 nitrogen and oxygen atoms in total. The van der Waals surface area contributed by atoms with E-state index in [1.54, 1.807) is 0 Å². The normalized spacial score (nSPS) is 11.8. The number of hydrogen-bond donors (Lipinski definition) is 1. The van der Waals surface area contributed by atoms with E-state index in [1.807, 2.05) is 56.3 Å². The van der Waals surface area contributed by atoms with Crippen molar-refractivity contribution >= 4 is 5.69 Å². The highest BCUT2D eigenvalue weighted by Crippen LogP contribution is 2.28. The maximum Gasteiger partial charge on any atom is 0.124 e. The molecule has 0 radical (unpaired) electrons. The molecule has 0 saturated heterocycles. The average molecular weight is 285 g/mol. The minimum Gasteiger partial charge on any atom is -0.494 e. The molecule has 2 aromatic carbocycles. The van der Waals surface area contributed by atoms with Crippen LogP contribution in [0.25, 0.3) is 0 Å². The van der Waals surface area contributed by atoms with Crippen molar-refractivity contribution in [2.24, 2.45) is 0 Å². The zero-order chi connectivity index (χ0) is 15.1. The van der Waals surface area contributed by atoms with Crippen molar-refractivity contribution < 1.29 is 9.47 Å². The molecule has 0 spiro atoms. The first-order chi connectivity index (χ1) is 10.2. The largest absolute Gasteiger partial charge is 0.494 e. The lowest BCUT2D eigenvalue weighted by molar-refractivity contribution is 0.335. The second-order valence-electron chi connectivity index (χ2n) is 4.79. The van der Waals surface area contributed by atoms with Crippen molar-refractivity contribution in [2.75, 3.05) is 18.5 Å². The molecule has 0 bridgehead atoms. The summed E-state index contributed by atoms with van der Waals surface area (Å²) in [5.41, 5.74) is 2.23. The molecule has 1 unspecified atom stereocenters. The van der Waals surface area contributed by atoms with Gasteiger partial charge in [0.05, 0.1) is 19.3 Å². The Morgan fingerprint density at radius 2 is 1.57 bits per heavy atom. The fourth-order valence-corrected chi connectivity index (χ4v) is 2.27. The summed E-state index contributed by atoms with van der Waals surface area (Å²) in [6.45, 7) is 7.48. The van der Waals surface area contributed by atoms with Gasteiger partial charge in [0.15, 0.2) is 0 Å². The van der Waals surface area contributed by atoms with Gasteiger partial charge in [-0.1, -0.05) is 18.2 Å². The Morgan fingerprint density at radius 1 is 0.905 bits per heavy atom. The number of hydrogen-bond acceptors (Lipinski definition) is 3. The van der Waals surface area contributed by atoms with Gasteiger partial charge in [0, 0.05) is 11.3 Å². The van der Waals surface area contributed by atoms with E-state index in [4.69, 9.17) is 9.47 Å². The van der Waals surface area contributed by atoms with Crippen LogP contribution in [0, 0.1) is 0 Å². The van der Waals surface area contributed by atoms with E-state index in [9.17, 15) is 0 Å². The van der Waals surface area contributed by atoms with Crippen LogP contribution < -0.4 is 14.8 Å². The molecule has 0 aliphatic heterocycles. The highest BCUT2D eigenvalue weighted by Gasteiger charge is 2.10. The molecule has 1 atom stereocenters. The predicted octanol–water partition coefficient (Wildman–Crippen LogP) is 4.66. The first-order valence-electron chi connectivity index (χ1n) is 7.45. The van der Waals surface area contributed by atoms with E-state index < -0.39 is 0 Å².